The molecule has 0 unspecified atom stereocenters. The van der Waals surface area contributed by atoms with Gasteiger partial charge in [0.2, 0.25) is 0 Å². The molecule has 4 heteroatoms. The van der Waals surface area contributed by atoms with Gasteiger partial charge >= 0.3 is 0 Å². The molecule has 0 radical (unpaired) electrons. The molecule has 2 aliphatic rings. The molecule has 1 fully saturated rings. The number of hydrogen-bond acceptors (Lipinski definition) is 2. The highest BCUT2D eigenvalue weighted by Crippen LogP contribution is 2.72. The molecule has 0 aromatic carbocycles. The van der Waals surface area contributed by atoms with Gasteiger partial charge in [0.25, 0.3) is 0 Å². The van der Waals surface area contributed by atoms with Crippen LogP contribution in [0.5, 0.6) is 0 Å². The quantitative estimate of drug-likeness (QED) is 0.536. The molecule has 0 amide bonds. The summed E-state index contributed by atoms with van der Waals surface area (Å²) in [6.45, 7) is 22.8. The first-order valence-corrected chi connectivity index (χ1v) is 10.2. The van der Waals surface area contributed by atoms with Crippen molar-refractivity contribution in [2.75, 3.05) is 5.75 Å². The normalized spacial score (nSPS) is 23.8. The lowest BCUT2D eigenvalue weighted by molar-refractivity contribution is 0.163. The van der Waals surface area contributed by atoms with Crippen LogP contribution in [0.15, 0.2) is 34.3 Å². The molecule has 0 atom stereocenters. The second kappa shape index (κ2) is 6.05. The average molecular weight is 382 g/mol. The van der Waals surface area contributed by atoms with Gasteiger partial charge in [0.1, 0.15) is 0 Å². The molecule has 0 aromatic rings. The molecule has 26 heavy (non-hydrogen) atoms. The highest BCUT2D eigenvalue weighted by Gasteiger charge is 2.67. The molecular formula is C22H33F2NS. The van der Waals surface area contributed by atoms with Gasteiger partial charge in [0.15, 0.2) is 11.7 Å². The molecular weight excluding hydrogens is 348 g/mol. The molecule has 0 aliphatic heterocycles. The fourth-order valence-corrected chi connectivity index (χ4v) is 4.98. The molecule has 146 valence electrons. The zero-order valence-electron chi connectivity index (χ0n) is 17.7. The Bertz CT molecular complexity index is 716. The van der Waals surface area contributed by atoms with E-state index in [2.05, 4.69) is 41.2 Å². The Morgan fingerprint density at radius 1 is 1.00 bits per heavy atom. The second-order valence-electron chi connectivity index (χ2n) is 10.5. The summed E-state index contributed by atoms with van der Waals surface area (Å²) in [5.74, 6) is -1.23. The summed E-state index contributed by atoms with van der Waals surface area (Å²) in [5.41, 5.74) is 0.200. The minimum atomic E-state index is -0.859. The summed E-state index contributed by atoms with van der Waals surface area (Å²) in [6.07, 6.45) is 0. The van der Waals surface area contributed by atoms with E-state index in [1.165, 1.54) is 11.8 Å². The van der Waals surface area contributed by atoms with Crippen molar-refractivity contribution in [3.05, 3.63) is 34.3 Å². The van der Waals surface area contributed by atoms with Crippen LogP contribution in [0.4, 0.5) is 8.78 Å². The number of hydrogen-bond donors (Lipinski definition) is 1. The topological polar surface area (TPSA) is 23.9 Å². The lowest BCUT2D eigenvalue weighted by Gasteiger charge is -2.39. The van der Waals surface area contributed by atoms with Crippen LogP contribution in [-0.4, -0.2) is 11.5 Å². The maximum absolute atomic E-state index is 15.0. The summed E-state index contributed by atoms with van der Waals surface area (Å²) >= 11 is 1.28. The molecule has 0 aromatic heterocycles. The maximum Gasteiger partial charge on any atom is 0.173 e. The first-order valence-electron chi connectivity index (χ1n) is 9.19. The highest BCUT2D eigenvalue weighted by atomic mass is 32.2. The first kappa shape index (κ1) is 21.4. The van der Waals surface area contributed by atoms with E-state index in [9.17, 15) is 8.78 Å². The number of rotatable bonds is 4. The largest absolute Gasteiger partial charge is 0.300 e. The fourth-order valence-electron chi connectivity index (χ4n) is 3.54. The fraction of sp³-hybridized carbons (Fsp3) is 0.682. The maximum atomic E-state index is 15.0. The molecule has 1 saturated carbocycles. The number of nitrogens with one attached hydrogen (secondary N) is 1. The van der Waals surface area contributed by atoms with E-state index in [-0.39, 0.29) is 43.8 Å². The van der Waals surface area contributed by atoms with Crippen LogP contribution in [-0.2, 0) is 0 Å². The minimum Gasteiger partial charge on any atom is -0.300 e. The standard InChI is InChI=1S/C22H33F2NS/c1-12-16(25)13(18-21(7,8)22(18,9)10)14(23)15(24)17(12)26-11-20(5,6)19(2,3)4/h18,25H,1,11H2,2-10H3. The molecule has 2 aliphatic carbocycles. The highest BCUT2D eigenvalue weighted by molar-refractivity contribution is 8.03. The monoisotopic (exact) mass is 381 g/mol. The number of thioether (sulfide) groups is 1. The lowest BCUT2D eigenvalue weighted by atomic mass is 9.71. The molecule has 2 rings (SSSR count). The first-order chi connectivity index (χ1) is 11.5. The van der Waals surface area contributed by atoms with E-state index in [1.807, 2.05) is 27.7 Å². The third kappa shape index (κ3) is 3.02. The Morgan fingerprint density at radius 3 is 1.85 bits per heavy atom. The number of halogens is 2. The van der Waals surface area contributed by atoms with Gasteiger partial charge in [-0.15, -0.1) is 11.8 Å². The molecule has 1 N–H and O–H groups in total. The van der Waals surface area contributed by atoms with E-state index < -0.39 is 11.7 Å². The van der Waals surface area contributed by atoms with Gasteiger partial charge < -0.3 is 0 Å². The average Bonchev–Trinajstić information content (AvgIpc) is 2.87. The number of allylic oxidation sites excluding steroid dienone is 4. The summed E-state index contributed by atoms with van der Waals surface area (Å²) in [7, 11) is 0. The van der Waals surface area contributed by atoms with Crippen molar-refractivity contribution in [1.82, 2.24) is 0 Å². The van der Waals surface area contributed by atoms with Gasteiger partial charge in [-0.05, 0) is 21.7 Å². The SMILES string of the molecule is C=C1C(=N)C(C2C(C)(C)C2(C)C)=C(F)C(F)=C1SCC(C)(C)C(C)(C)C. The van der Waals surface area contributed by atoms with Crippen LogP contribution in [0, 0.1) is 33.0 Å². The van der Waals surface area contributed by atoms with Crippen molar-refractivity contribution in [2.45, 2.75) is 62.3 Å². The van der Waals surface area contributed by atoms with E-state index in [4.69, 9.17) is 5.41 Å². The summed E-state index contributed by atoms with van der Waals surface area (Å²) in [5, 5.41) is 8.47. The Morgan fingerprint density at radius 2 is 1.46 bits per heavy atom. The van der Waals surface area contributed by atoms with Gasteiger partial charge in [-0.3, -0.25) is 5.41 Å². The third-order valence-corrected chi connectivity index (χ3v) is 8.97. The summed E-state index contributed by atoms with van der Waals surface area (Å²) < 4.78 is 29.9. The van der Waals surface area contributed by atoms with Gasteiger partial charge in [-0.1, -0.05) is 68.9 Å². The zero-order chi connectivity index (χ0) is 20.5. The molecule has 0 saturated heterocycles. The van der Waals surface area contributed by atoms with Crippen LogP contribution in [0.3, 0.4) is 0 Å². The third-order valence-electron chi connectivity index (χ3n) is 7.39. The minimum absolute atomic E-state index is 0.0299. The van der Waals surface area contributed by atoms with Gasteiger partial charge in [-0.25, -0.2) is 8.78 Å². The van der Waals surface area contributed by atoms with Gasteiger partial charge in [0, 0.05) is 22.8 Å². The molecule has 0 spiro atoms. The van der Waals surface area contributed by atoms with Crippen LogP contribution >= 0.6 is 11.8 Å². The van der Waals surface area contributed by atoms with Crippen molar-refractivity contribution >= 4 is 17.5 Å². The van der Waals surface area contributed by atoms with Crippen LogP contribution in [0.1, 0.15) is 62.3 Å². The van der Waals surface area contributed by atoms with Crippen molar-refractivity contribution in [3.8, 4) is 0 Å². The predicted molar refractivity (Wildman–Crippen MR) is 110 cm³/mol. The Labute approximate surface area is 161 Å². The van der Waals surface area contributed by atoms with Crippen molar-refractivity contribution < 1.29 is 8.78 Å². The van der Waals surface area contributed by atoms with E-state index in [0.29, 0.717) is 11.3 Å². The van der Waals surface area contributed by atoms with E-state index in [1.54, 1.807) is 0 Å². The Kier molecular flexibility index (Phi) is 4.98. The summed E-state index contributed by atoms with van der Waals surface area (Å²) in [6, 6.07) is 0. The van der Waals surface area contributed by atoms with Crippen LogP contribution in [0.2, 0.25) is 0 Å². The lowest BCUT2D eigenvalue weighted by Crippen LogP contribution is -2.32. The predicted octanol–water partition coefficient (Wildman–Crippen LogP) is 7.47. The van der Waals surface area contributed by atoms with E-state index >= 15 is 0 Å². The van der Waals surface area contributed by atoms with Gasteiger partial charge in [0.05, 0.1) is 10.6 Å². The van der Waals surface area contributed by atoms with Crippen LogP contribution in [0.25, 0.3) is 0 Å². The van der Waals surface area contributed by atoms with Crippen LogP contribution < -0.4 is 0 Å². The van der Waals surface area contributed by atoms with Crippen molar-refractivity contribution in [2.24, 2.45) is 27.6 Å². The second-order valence-corrected chi connectivity index (χ2v) is 11.5. The molecule has 0 heterocycles. The summed E-state index contributed by atoms with van der Waals surface area (Å²) in [4.78, 5) is 0.185. The van der Waals surface area contributed by atoms with Crippen molar-refractivity contribution in [1.29, 1.82) is 5.41 Å². The van der Waals surface area contributed by atoms with Gasteiger partial charge in [-0.2, -0.15) is 0 Å². The smallest absolute Gasteiger partial charge is 0.173 e. The Balaban J connectivity index is 2.39. The zero-order valence-corrected chi connectivity index (χ0v) is 18.5. The molecule has 0 bridgehead atoms. The van der Waals surface area contributed by atoms with E-state index in [0.717, 1.165) is 0 Å². The molecule has 1 nitrogen and oxygen atoms in total. The Hall–Kier alpha value is -0.900. The van der Waals surface area contributed by atoms with Crippen molar-refractivity contribution in [3.63, 3.8) is 0 Å².